The number of aromatic nitrogens is 3. The third-order valence-corrected chi connectivity index (χ3v) is 6.47. The van der Waals surface area contributed by atoms with E-state index < -0.39 is 0 Å². The molecule has 9 heteroatoms. The van der Waals surface area contributed by atoms with Gasteiger partial charge >= 0.3 is 0 Å². The largest absolute Gasteiger partial charge is 0.497 e. The second-order valence-corrected chi connectivity index (χ2v) is 8.39. The number of hydrogen-bond donors (Lipinski definition) is 0. The molecule has 1 aliphatic rings. The lowest BCUT2D eigenvalue weighted by Gasteiger charge is -2.36. The summed E-state index contributed by atoms with van der Waals surface area (Å²) in [4.78, 5) is 17.0. The van der Waals surface area contributed by atoms with Gasteiger partial charge in [-0.2, -0.15) is 0 Å². The Morgan fingerprint density at radius 2 is 1.94 bits per heavy atom. The molecule has 0 radical (unpaired) electrons. The number of ether oxygens (including phenoxy) is 1. The lowest BCUT2D eigenvalue weighted by atomic mass is 10.2. The maximum absolute atomic E-state index is 12.8. The molecule has 3 aromatic rings. The number of carbonyl (C=O) groups excluding carboxylic acids is 1. The molecule has 0 saturated carbocycles. The van der Waals surface area contributed by atoms with Crippen molar-refractivity contribution >= 4 is 23.4 Å². The molecule has 1 aromatic carbocycles. The third-order valence-electron chi connectivity index (χ3n) is 5.52. The van der Waals surface area contributed by atoms with Gasteiger partial charge in [-0.25, -0.2) is 0 Å². The molecule has 32 heavy (non-hydrogen) atoms. The van der Waals surface area contributed by atoms with Crippen molar-refractivity contribution in [2.45, 2.75) is 18.6 Å². The molecule has 0 atom stereocenters. The van der Waals surface area contributed by atoms with Gasteiger partial charge in [-0.15, -0.1) is 16.8 Å². The zero-order chi connectivity index (χ0) is 22.5. The number of aryl methyl sites for hydroxylation is 1. The minimum absolute atomic E-state index is 0.110. The predicted molar refractivity (Wildman–Crippen MR) is 125 cm³/mol. The zero-order valence-corrected chi connectivity index (χ0v) is 19.2. The first-order valence-electron chi connectivity index (χ1n) is 10.5. The number of carbonyl (C=O) groups is 1. The van der Waals surface area contributed by atoms with Crippen LogP contribution < -0.4 is 9.64 Å². The molecule has 1 amide bonds. The lowest BCUT2D eigenvalue weighted by Crippen LogP contribution is -2.49. The molecule has 0 spiro atoms. The fourth-order valence-electron chi connectivity index (χ4n) is 3.73. The summed E-state index contributed by atoms with van der Waals surface area (Å²) in [5.41, 5.74) is 2.04. The van der Waals surface area contributed by atoms with Crippen molar-refractivity contribution in [2.75, 3.05) is 43.9 Å². The Labute approximate surface area is 191 Å². The number of rotatable bonds is 8. The molecule has 1 aliphatic heterocycles. The second-order valence-electron chi connectivity index (χ2n) is 7.45. The van der Waals surface area contributed by atoms with E-state index in [1.807, 2.05) is 34.6 Å². The zero-order valence-electron chi connectivity index (χ0n) is 18.4. The third kappa shape index (κ3) is 4.67. The van der Waals surface area contributed by atoms with Crippen LogP contribution in [0.2, 0.25) is 0 Å². The van der Waals surface area contributed by atoms with E-state index >= 15 is 0 Å². The molecule has 0 aliphatic carbocycles. The molecule has 3 heterocycles. The first-order valence-corrected chi connectivity index (χ1v) is 11.5. The van der Waals surface area contributed by atoms with E-state index in [2.05, 4.69) is 33.8 Å². The van der Waals surface area contributed by atoms with Crippen LogP contribution in [0.25, 0.3) is 11.4 Å². The van der Waals surface area contributed by atoms with E-state index in [-0.39, 0.29) is 5.91 Å². The van der Waals surface area contributed by atoms with Gasteiger partial charge in [0.15, 0.2) is 11.0 Å². The van der Waals surface area contributed by atoms with Crippen LogP contribution in [0.5, 0.6) is 5.75 Å². The van der Waals surface area contributed by atoms with Gasteiger partial charge < -0.3 is 19.0 Å². The first-order chi connectivity index (χ1) is 15.6. The Hall–Kier alpha value is -3.20. The van der Waals surface area contributed by atoms with Crippen LogP contribution in [0.4, 0.5) is 5.69 Å². The van der Waals surface area contributed by atoms with Gasteiger partial charge in [0.25, 0.3) is 0 Å². The van der Waals surface area contributed by atoms with E-state index in [1.54, 1.807) is 19.4 Å². The molecule has 4 rings (SSSR count). The van der Waals surface area contributed by atoms with E-state index in [0.29, 0.717) is 30.5 Å². The van der Waals surface area contributed by atoms with Gasteiger partial charge in [-0.1, -0.05) is 17.8 Å². The SMILES string of the molecule is C=CCn1c(SCC(=O)N2CCN(c3ccc(OC)cc3)CC2)nnc1-c1ccoc1C. The number of hydrogen-bond acceptors (Lipinski definition) is 7. The number of furan rings is 1. The standard InChI is InChI=1S/C23H27N5O3S/c1-4-10-28-22(20-9-15-31-17(20)2)24-25-23(28)32-16-21(29)27-13-11-26(12-14-27)18-5-7-19(30-3)8-6-18/h4-9,15H,1,10-14,16H2,2-3H3. The maximum Gasteiger partial charge on any atom is 0.233 e. The molecule has 2 aromatic heterocycles. The van der Waals surface area contributed by atoms with E-state index in [9.17, 15) is 4.79 Å². The summed E-state index contributed by atoms with van der Waals surface area (Å²) in [5, 5.41) is 9.34. The number of amides is 1. The molecule has 0 bridgehead atoms. The number of nitrogens with zero attached hydrogens (tertiary/aromatic N) is 5. The van der Waals surface area contributed by atoms with Crippen molar-refractivity contribution in [3.63, 3.8) is 0 Å². The van der Waals surface area contributed by atoms with Crippen molar-refractivity contribution in [3.8, 4) is 17.1 Å². The summed E-state index contributed by atoms with van der Waals surface area (Å²) >= 11 is 1.41. The lowest BCUT2D eigenvalue weighted by molar-refractivity contribution is -0.128. The highest BCUT2D eigenvalue weighted by Crippen LogP contribution is 2.27. The Morgan fingerprint density at radius 1 is 1.19 bits per heavy atom. The van der Waals surface area contributed by atoms with Crippen LogP contribution in [0, 0.1) is 6.92 Å². The number of allylic oxidation sites excluding steroid dienone is 1. The number of methoxy groups -OCH3 is 1. The summed E-state index contributed by atoms with van der Waals surface area (Å²) in [7, 11) is 1.66. The topological polar surface area (TPSA) is 76.6 Å². The van der Waals surface area contributed by atoms with Crippen molar-refractivity contribution < 1.29 is 13.9 Å². The Balaban J connectivity index is 1.35. The van der Waals surface area contributed by atoms with Crippen LogP contribution >= 0.6 is 11.8 Å². The van der Waals surface area contributed by atoms with Crippen molar-refractivity contribution in [1.29, 1.82) is 0 Å². The first kappa shape index (κ1) is 22.0. The molecule has 1 fully saturated rings. The fourth-order valence-corrected chi connectivity index (χ4v) is 4.58. The van der Waals surface area contributed by atoms with Gasteiger partial charge in [-0.05, 0) is 37.3 Å². The van der Waals surface area contributed by atoms with Crippen molar-refractivity contribution in [2.24, 2.45) is 0 Å². The van der Waals surface area contributed by atoms with Crippen LogP contribution in [-0.4, -0.2) is 64.6 Å². The maximum atomic E-state index is 12.8. The smallest absolute Gasteiger partial charge is 0.233 e. The van der Waals surface area contributed by atoms with Crippen molar-refractivity contribution in [1.82, 2.24) is 19.7 Å². The normalized spacial score (nSPS) is 13.9. The molecule has 0 N–H and O–H groups in total. The average Bonchev–Trinajstić information content (AvgIpc) is 3.43. The Bertz CT molecular complexity index is 1070. The minimum atomic E-state index is 0.110. The highest BCUT2D eigenvalue weighted by Gasteiger charge is 2.23. The highest BCUT2D eigenvalue weighted by atomic mass is 32.2. The number of piperazine rings is 1. The van der Waals surface area contributed by atoms with E-state index in [4.69, 9.17) is 9.15 Å². The van der Waals surface area contributed by atoms with Gasteiger partial charge in [-0.3, -0.25) is 9.36 Å². The van der Waals surface area contributed by atoms with E-state index in [0.717, 1.165) is 41.7 Å². The second kappa shape index (κ2) is 9.95. The number of thioether (sulfide) groups is 1. The van der Waals surface area contributed by atoms with Gasteiger partial charge in [0.05, 0.1) is 24.7 Å². The number of anilines is 1. The van der Waals surface area contributed by atoms with Crippen molar-refractivity contribution in [3.05, 3.63) is 55.0 Å². The Morgan fingerprint density at radius 3 is 2.56 bits per heavy atom. The van der Waals surface area contributed by atoms with Gasteiger partial charge in [0.1, 0.15) is 11.5 Å². The molecular formula is C23H27N5O3S. The molecule has 8 nitrogen and oxygen atoms in total. The highest BCUT2D eigenvalue weighted by molar-refractivity contribution is 7.99. The van der Waals surface area contributed by atoms with Gasteiger partial charge in [0, 0.05) is 38.4 Å². The summed E-state index contributed by atoms with van der Waals surface area (Å²) < 4.78 is 12.6. The van der Waals surface area contributed by atoms with Crippen LogP contribution in [0.1, 0.15) is 5.76 Å². The van der Waals surface area contributed by atoms with Crippen LogP contribution in [-0.2, 0) is 11.3 Å². The van der Waals surface area contributed by atoms with Crippen LogP contribution in [0.15, 0.2) is 58.8 Å². The number of benzene rings is 1. The quantitative estimate of drug-likeness (QED) is 0.382. The molecular weight excluding hydrogens is 426 g/mol. The van der Waals surface area contributed by atoms with Crippen LogP contribution in [0.3, 0.4) is 0 Å². The van der Waals surface area contributed by atoms with E-state index in [1.165, 1.54) is 11.8 Å². The molecule has 1 saturated heterocycles. The summed E-state index contributed by atoms with van der Waals surface area (Å²) in [6.07, 6.45) is 3.44. The fraction of sp³-hybridized carbons (Fsp3) is 0.348. The molecule has 168 valence electrons. The average molecular weight is 454 g/mol. The monoisotopic (exact) mass is 453 g/mol. The summed E-state index contributed by atoms with van der Waals surface area (Å²) in [6, 6.07) is 9.90. The predicted octanol–water partition coefficient (Wildman–Crippen LogP) is 3.48. The Kier molecular flexibility index (Phi) is 6.84. The molecule has 0 unspecified atom stereocenters. The summed E-state index contributed by atoms with van der Waals surface area (Å²) in [6.45, 7) is 9.30. The van der Waals surface area contributed by atoms with Gasteiger partial charge in [0.2, 0.25) is 5.91 Å². The summed E-state index contributed by atoms with van der Waals surface area (Å²) in [5.74, 6) is 2.78. The minimum Gasteiger partial charge on any atom is -0.497 e.